The average Bonchev–Trinajstić information content (AvgIpc) is 3.05. The second kappa shape index (κ2) is 16.9. The van der Waals surface area contributed by atoms with Crippen LogP contribution in [0.25, 0.3) is 42.4 Å². The normalized spacial score (nSPS) is 9.93. The zero-order valence-electron chi connectivity index (χ0n) is 23.3. The van der Waals surface area contributed by atoms with Gasteiger partial charge in [0, 0.05) is 90.0 Å². The van der Waals surface area contributed by atoms with Crippen molar-refractivity contribution in [3.05, 3.63) is 139 Å². The lowest BCUT2D eigenvalue weighted by atomic mass is 10.1. The van der Waals surface area contributed by atoms with E-state index in [0.717, 1.165) is 36.3 Å². The van der Waals surface area contributed by atoms with E-state index in [0.29, 0.717) is 23.9 Å². The van der Waals surface area contributed by atoms with E-state index in [1.165, 1.54) is 28.6 Å². The van der Waals surface area contributed by atoms with E-state index in [4.69, 9.17) is 16.8 Å². The van der Waals surface area contributed by atoms with Crippen LogP contribution in [0.4, 0.5) is 23.0 Å². The summed E-state index contributed by atoms with van der Waals surface area (Å²) >= 11 is 10.4. The maximum atomic E-state index is 8.43. The molecule has 0 unspecified atom stereocenters. The zero-order valence-corrected chi connectivity index (χ0v) is 28.1. The van der Waals surface area contributed by atoms with Crippen LogP contribution in [0.2, 0.25) is 0 Å². The molecule has 0 amide bonds. The Labute approximate surface area is 282 Å². The molecule has 0 saturated carbocycles. The summed E-state index contributed by atoms with van der Waals surface area (Å²) in [6.07, 6.45) is 10.4. The summed E-state index contributed by atoms with van der Waals surface area (Å²) in [5.74, 6) is 0.641. The molecule has 224 valence electrons. The van der Waals surface area contributed by atoms with Gasteiger partial charge < -0.3 is 11.1 Å². The molecule has 6 rings (SSSR count). The quantitative estimate of drug-likeness (QED) is 0.0731. The van der Waals surface area contributed by atoms with Crippen molar-refractivity contribution in [2.75, 3.05) is 11.1 Å². The van der Waals surface area contributed by atoms with Gasteiger partial charge >= 0.3 is 0 Å². The molecular formula is C30H23Br3N12. The lowest BCUT2D eigenvalue weighted by Crippen LogP contribution is -1.99. The number of benzene rings is 2. The largest absolute Gasteiger partial charge is 0.399 e. The van der Waals surface area contributed by atoms with Gasteiger partial charge in [-0.3, -0.25) is 19.9 Å². The van der Waals surface area contributed by atoms with Gasteiger partial charge in [-0.15, -0.1) is 0 Å². The van der Waals surface area contributed by atoms with Crippen LogP contribution in [0.15, 0.2) is 117 Å². The van der Waals surface area contributed by atoms with Crippen molar-refractivity contribution < 1.29 is 0 Å². The monoisotopic (exact) mass is 788 g/mol. The van der Waals surface area contributed by atoms with E-state index < -0.39 is 0 Å². The number of rotatable bonds is 6. The highest BCUT2D eigenvalue weighted by molar-refractivity contribution is 9.11. The minimum Gasteiger partial charge on any atom is -0.399 e. The molecule has 0 aliphatic carbocycles. The predicted molar refractivity (Wildman–Crippen MR) is 189 cm³/mol. The van der Waals surface area contributed by atoms with E-state index in [-0.39, 0.29) is 0 Å². The molecule has 12 nitrogen and oxygen atoms in total. The van der Waals surface area contributed by atoms with Crippen LogP contribution >= 0.6 is 47.8 Å². The standard InChI is InChI=1S/C15H11BrN6.C10H7Br2N.C5H5N5/c16-14-9-18-8-11-2-1-10(5-13(11)14)7-20-12-3-4-19-15(6-12)21-22-17;11-4-7-1-2-8-5-13-6-10(12)9(8)3-7;6-4-1-2-8-5(3-4)9-10-7/h1-6,8-9H,7H2,(H,19,20);1-3,5-6H,4H2;1-3H,(H2,6,8). The number of anilines is 2. The van der Waals surface area contributed by atoms with Crippen molar-refractivity contribution in [2.24, 2.45) is 10.2 Å². The molecule has 4 heterocycles. The van der Waals surface area contributed by atoms with E-state index in [1.54, 1.807) is 24.5 Å². The molecule has 0 saturated heterocycles. The molecule has 2 aromatic carbocycles. The highest BCUT2D eigenvalue weighted by Gasteiger charge is 2.02. The van der Waals surface area contributed by atoms with Gasteiger partial charge in [0.05, 0.1) is 0 Å². The van der Waals surface area contributed by atoms with Gasteiger partial charge in [0.2, 0.25) is 0 Å². The number of hydrogen-bond acceptors (Lipinski definition) is 8. The fraction of sp³-hybridized carbons (Fsp3) is 0.0667. The maximum absolute atomic E-state index is 8.43. The molecule has 0 bridgehead atoms. The molecule has 0 aliphatic heterocycles. The number of hydrogen-bond donors (Lipinski definition) is 2. The number of fused-ring (bicyclic) bond motifs is 2. The lowest BCUT2D eigenvalue weighted by Gasteiger charge is -2.08. The number of aromatic nitrogens is 4. The van der Waals surface area contributed by atoms with Crippen LogP contribution in [0, 0.1) is 0 Å². The summed E-state index contributed by atoms with van der Waals surface area (Å²) in [5, 5.41) is 15.5. The predicted octanol–water partition coefficient (Wildman–Crippen LogP) is 10.4. The van der Waals surface area contributed by atoms with Crippen LogP contribution in [0.3, 0.4) is 0 Å². The first-order valence-corrected chi connectivity index (χ1v) is 15.7. The number of pyridine rings is 4. The van der Waals surface area contributed by atoms with Crippen molar-refractivity contribution in [1.29, 1.82) is 0 Å². The molecule has 0 aliphatic rings. The average molecular weight is 791 g/mol. The van der Waals surface area contributed by atoms with Crippen molar-refractivity contribution in [3.63, 3.8) is 0 Å². The number of alkyl halides is 1. The van der Waals surface area contributed by atoms with Crippen LogP contribution in [0.5, 0.6) is 0 Å². The van der Waals surface area contributed by atoms with Crippen molar-refractivity contribution >= 4 is 92.3 Å². The fourth-order valence-electron chi connectivity index (χ4n) is 3.91. The van der Waals surface area contributed by atoms with Crippen LogP contribution in [-0.4, -0.2) is 19.9 Å². The Morgan fingerprint density at radius 2 is 1.27 bits per heavy atom. The van der Waals surface area contributed by atoms with Crippen LogP contribution in [-0.2, 0) is 11.9 Å². The second-order valence-electron chi connectivity index (χ2n) is 9.07. The van der Waals surface area contributed by atoms with E-state index in [1.807, 2.05) is 30.7 Å². The molecule has 3 N–H and O–H groups in total. The van der Waals surface area contributed by atoms with Gasteiger partial charge in [0.15, 0.2) is 0 Å². The first kappa shape index (κ1) is 33.1. The lowest BCUT2D eigenvalue weighted by molar-refractivity contribution is 1.14. The highest BCUT2D eigenvalue weighted by atomic mass is 79.9. The molecule has 45 heavy (non-hydrogen) atoms. The van der Waals surface area contributed by atoms with Crippen molar-refractivity contribution in [1.82, 2.24) is 19.9 Å². The summed E-state index contributed by atoms with van der Waals surface area (Å²) in [6.45, 7) is 0.657. The number of nitrogen functional groups attached to an aromatic ring is 1. The molecule has 15 heteroatoms. The minimum absolute atomic E-state index is 0.294. The molecule has 0 spiro atoms. The number of azide groups is 2. The first-order valence-electron chi connectivity index (χ1n) is 13.0. The molecule has 0 atom stereocenters. The van der Waals surface area contributed by atoms with E-state index in [2.05, 4.69) is 123 Å². The third kappa shape index (κ3) is 9.86. The Bertz CT molecular complexity index is 2030. The number of halogens is 3. The Hall–Kier alpha value is -4.78. The molecule has 4 aromatic heterocycles. The van der Waals surface area contributed by atoms with Gasteiger partial charge in [0.1, 0.15) is 11.6 Å². The maximum Gasteiger partial charge on any atom is 0.128 e. The van der Waals surface area contributed by atoms with E-state index in [9.17, 15) is 0 Å². The van der Waals surface area contributed by atoms with Crippen LogP contribution < -0.4 is 11.1 Å². The smallest absolute Gasteiger partial charge is 0.128 e. The van der Waals surface area contributed by atoms with Crippen molar-refractivity contribution in [3.8, 4) is 0 Å². The molecular weight excluding hydrogens is 768 g/mol. The van der Waals surface area contributed by atoms with Gasteiger partial charge in [-0.25, -0.2) is 0 Å². The number of nitrogens with zero attached hydrogens (tertiary/aromatic N) is 10. The Kier molecular flexibility index (Phi) is 12.4. The summed E-state index contributed by atoms with van der Waals surface area (Å²) in [7, 11) is 0. The van der Waals surface area contributed by atoms with E-state index >= 15 is 0 Å². The highest BCUT2D eigenvalue weighted by Crippen LogP contribution is 2.25. The Morgan fingerprint density at radius 1 is 0.711 bits per heavy atom. The van der Waals surface area contributed by atoms with Crippen LogP contribution in [0.1, 0.15) is 11.1 Å². The number of nitrogens with two attached hydrogens (primary N) is 1. The van der Waals surface area contributed by atoms with Gasteiger partial charge in [-0.2, -0.15) is 0 Å². The summed E-state index contributed by atoms with van der Waals surface area (Å²) < 4.78 is 2.02. The minimum atomic E-state index is 0.294. The Balaban J connectivity index is 0.000000170. The first-order chi connectivity index (χ1) is 21.9. The third-order valence-corrected chi connectivity index (χ3v) is 7.92. The molecule has 0 radical (unpaired) electrons. The number of nitrogens with one attached hydrogen (secondary N) is 1. The summed E-state index contributed by atoms with van der Waals surface area (Å²) in [5.41, 5.74) is 25.6. The Morgan fingerprint density at radius 3 is 1.84 bits per heavy atom. The van der Waals surface area contributed by atoms with Crippen molar-refractivity contribution in [2.45, 2.75) is 11.9 Å². The zero-order chi connectivity index (χ0) is 32.0. The van der Waals surface area contributed by atoms with Gasteiger partial charge in [-0.05, 0) is 111 Å². The SMILES string of the molecule is BrCc1ccc2cncc(Br)c2c1.[N-]=[N+]=Nc1cc(N)ccn1.[N-]=[N+]=Nc1cc(NCc2ccc3cncc(Br)c3c2)ccn1. The van der Waals surface area contributed by atoms with Gasteiger partial charge in [0.25, 0.3) is 0 Å². The topological polar surface area (TPSA) is 187 Å². The fourth-order valence-corrected chi connectivity index (χ4v) is 5.18. The molecule has 6 aromatic rings. The summed E-state index contributed by atoms with van der Waals surface area (Å²) in [6, 6.07) is 19.2. The second-order valence-corrected chi connectivity index (χ2v) is 11.3. The molecule has 0 fully saturated rings. The summed E-state index contributed by atoms with van der Waals surface area (Å²) in [4.78, 5) is 21.2. The third-order valence-electron chi connectivity index (χ3n) is 6.01. The van der Waals surface area contributed by atoms with Gasteiger partial charge in [-0.1, -0.05) is 40.2 Å².